The van der Waals surface area contributed by atoms with Crippen molar-refractivity contribution >= 4 is 6.03 Å². The SMILES string of the molecule is CCCN(C(=O)NC[C@H](c1ccc(C)cc1)N1CCOCC1)[C@@H]1CCc2ccccc21. The second-order valence-electron chi connectivity index (χ2n) is 8.71. The molecular weight excluding hydrogens is 386 g/mol. The van der Waals surface area contributed by atoms with Crippen LogP contribution in [0.5, 0.6) is 0 Å². The molecule has 1 aliphatic carbocycles. The van der Waals surface area contributed by atoms with E-state index in [0.29, 0.717) is 6.54 Å². The van der Waals surface area contributed by atoms with Crippen LogP contribution in [0.2, 0.25) is 0 Å². The van der Waals surface area contributed by atoms with Crippen molar-refractivity contribution in [3.05, 3.63) is 70.8 Å². The Kier molecular flexibility index (Phi) is 7.25. The second kappa shape index (κ2) is 10.3. The molecule has 0 aromatic heterocycles. The van der Waals surface area contributed by atoms with Crippen LogP contribution in [0.15, 0.2) is 48.5 Å². The van der Waals surface area contributed by atoms with Crippen LogP contribution in [0.1, 0.15) is 54.1 Å². The number of aryl methyl sites for hydroxylation is 2. The molecule has 166 valence electrons. The van der Waals surface area contributed by atoms with Crippen LogP contribution in [0.25, 0.3) is 0 Å². The molecule has 0 radical (unpaired) electrons. The third kappa shape index (κ3) is 5.10. The van der Waals surface area contributed by atoms with Gasteiger partial charge in [-0.2, -0.15) is 0 Å². The number of hydrogen-bond donors (Lipinski definition) is 1. The number of carbonyl (C=O) groups excluding carboxylic acids is 1. The van der Waals surface area contributed by atoms with Gasteiger partial charge < -0.3 is 15.0 Å². The highest BCUT2D eigenvalue weighted by Gasteiger charge is 2.31. The van der Waals surface area contributed by atoms with Gasteiger partial charge >= 0.3 is 6.03 Å². The number of carbonyl (C=O) groups is 1. The summed E-state index contributed by atoms with van der Waals surface area (Å²) in [5.41, 5.74) is 5.20. The van der Waals surface area contributed by atoms with Crippen LogP contribution in [0.3, 0.4) is 0 Å². The maximum absolute atomic E-state index is 13.4. The van der Waals surface area contributed by atoms with E-state index >= 15 is 0 Å². The summed E-state index contributed by atoms with van der Waals surface area (Å²) >= 11 is 0. The van der Waals surface area contributed by atoms with Gasteiger partial charge in [0.2, 0.25) is 0 Å². The number of hydrogen-bond acceptors (Lipinski definition) is 3. The quantitative estimate of drug-likeness (QED) is 0.717. The highest BCUT2D eigenvalue weighted by Crippen LogP contribution is 2.35. The second-order valence-corrected chi connectivity index (χ2v) is 8.71. The molecular formula is C26H35N3O2. The third-order valence-corrected chi connectivity index (χ3v) is 6.60. The predicted molar refractivity (Wildman–Crippen MR) is 124 cm³/mol. The van der Waals surface area contributed by atoms with Crippen LogP contribution >= 0.6 is 0 Å². The Morgan fingerprint density at radius 2 is 1.90 bits per heavy atom. The van der Waals surface area contributed by atoms with Gasteiger partial charge in [0.1, 0.15) is 0 Å². The Hall–Kier alpha value is -2.37. The van der Waals surface area contributed by atoms with Gasteiger partial charge in [-0.15, -0.1) is 0 Å². The van der Waals surface area contributed by atoms with Crippen molar-refractivity contribution in [1.82, 2.24) is 15.1 Å². The smallest absolute Gasteiger partial charge is 0.317 e. The molecule has 2 aliphatic rings. The molecule has 1 N–H and O–H groups in total. The summed E-state index contributed by atoms with van der Waals surface area (Å²) in [5.74, 6) is 0. The number of urea groups is 1. The van der Waals surface area contributed by atoms with Crippen LogP contribution in [0.4, 0.5) is 4.79 Å². The van der Waals surface area contributed by atoms with Crippen molar-refractivity contribution in [2.24, 2.45) is 0 Å². The minimum atomic E-state index is 0.0499. The lowest BCUT2D eigenvalue weighted by Crippen LogP contribution is -2.47. The maximum atomic E-state index is 13.4. The molecule has 1 aliphatic heterocycles. The predicted octanol–water partition coefficient (Wildman–Crippen LogP) is 4.48. The van der Waals surface area contributed by atoms with E-state index in [1.165, 1.54) is 22.3 Å². The summed E-state index contributed by atoms with van der Waals surface area (Å²) < 4.78 is 5.56. The summed E-state index contributed by atoms with van der Waals surface area (Å²) in [4.78, 5) is 17.9. The van der Waals surface area contributed by atoms with Gasteiger partial charge in [0.05, 0.1) is 25.3 Å². The first-order valence-electron chi connectivity index (χ1n) is 11.7. The molecule has 1 heterocycles. The first kappa shape index (κ1) is 21.8. The molecule has 31 heavy (non-hydrogen) atoms. The van der Waals surface area contributed by atoms with Crippen LogP contribution in [-0.4, -0.2) is 55.2 Å². The topological polar surface area (TPSA) is 44.8 Å². The van der Waals surface area contributed by atoms with Crippen molar-refractivity contribution in [1.29, 1.82) is 0 Å². The Morgan fingerprint density at radius 3 is 2.65 bits per heavy atom. The van der Waals surface area contributed by atoms with Crippen molar-refractivity contribution in [3.8, 4) is 0 Å². The number of nitrogens with zero attached hydrogens (tertiary/aromatic N) is 2. The Balaban J connectivity index is 1.48. The molecule has 2 atom stereocenters. The number of ether oxygens (including phenoxy) is 1. The summed E-state index contributed by atoms with van der Waals surface area (Å²) in [6.45, 7) is 8.91. The lowest BCUT2D eigenvalue weighted by molar-refractivity contribution is 0.0163. The number of morpholine rings is 1. The highest BCUT2D eigenvalue weighted by molar-refractivity contribution is 5.75. The standard InChI is InChI=1S/C26H35N3O2/c1-3-14-29(24-13-12-21-6-4-5-7-23(21)24)26(30)27-19-25(28-15-17-31-18-16-28)22-10-8-20(2)9-11-22/h4-11,24-25H,3,12-19H2,1-2H3,(H,27,30)/t24-,25-/m1/s1. The van der Waals surface area contributed by atoms with Crippen molar-refractivity contribution in [2.75, 3.05) is 39.4 Å². The summed E-state index contributed by atoms with van der Waals surface area (Å²) in [6, 6.07) is 17.7. The molecule has 2 aromatic rings. The van der Waals surface area contributed by atoms with Gasteiger partial charge in [0, 0.05) is 26.2 Å². The summed E-state index contributed by atoms with van der Waals surface area (Å²) in [6.07, 6.45) is 3.02. The van der Waals surface area contributed by atoms with Gasteiger partial charge in [-0.25, -0.2) is 4.79 Å². The van der Waals surface area contributed by atoms with Gasteiger partial charge in [-0.3, -0.25) is 4.90 Å². The first-order valence-corrected chi connectivity index (χ1v) is 11.7. The molecule has 2 amide bonds. The average molecular weight is 422 g/mol. The maximum Gasteiger partial charge on any atom is 0.317 e. The Bertz CT molecular complexity index is 861. The fourth-order valence-electron chi connectivity index (χ4n) is 4.92. The monoisotopic (exact) mass is 421 g/mol. The molecule has 5 nitrogen and oxygen atoms in total. The van der Waals surface area contributed by atoms with E-state index in [0.717, 1.165) is 52.1 Å². The van der Waals surface area contributed by atoms with Crippen molar-refractivity contribution < 1.29 is 9.53 Å². The van der Waals surface area contributed by atoms with E-state index in [4.69, 9.17) is 4.74 Å². The number of fused-ring (bicyclic) bond motifs is 1. The fraction of sp³-hybridized carbons (Fsp3) is 0.500. The van der Waals surface area contributed by atoms with Gasteiger partial charge in [0.15, 0.2) is 0 Å². The highest BCUT2D eigenvalue weighted by atomic mass is 16.5. The zero-order chi connectivity index (χ0) is 21.6. The molecule has 4 rings (SSSR count). The average Bonchev–Trinajstić information content (AvgIpc) is 3.23. The third-order valence-electron chi connectivity index (χ3n) is 6.60. The normalized spacial score (nSPS) is 19.6. The fourth-order valence-corrected chi connectivity index (χ4v) is 4.92. The van der Waals surface area contributed by atoms with Gasteiger partial charge in [-0.1, -0.05) is 61.0 Å². The molecule has 1 fully saturated rings. The molecule has 0 unspecified atom stereocenters. The van der Waals surface area contributed by atoms with Crippen LogP contribution < -0.4 is 5.32 Å². The summed E-state index contributed by atoms with van der Waals surface area (Å²) in [7, 11) is 0. The van der Waals surface area contributed by atoms with E-state index in [1.807, 2.05) is 0 Å². The van der Waals surface area contributed by atoms with Crippen molar-refractivity contribution in [3.63, 3.8) is 0 Å². The lowest BCUT2D eigenvalue weighted by Gasteiger charge is -2.36. The number of nitrogens with one attached hydrogen (secondary N) is 1. The molecule has 0 spiro atoms. The number of amides is 2. The van der Waals surface area contributed by atoms with E-state index in [-0.39, 0.29) is 18.1 Å². The van der Waals surface area contributed by atoms with Crippen LogP contribution in [0, 0.1) is 6.92 Å². The first-order chi connectivity index (χ1) is 15.2. The minimum absolute atomic E-state index is 0.0499. The molecule has 0 saturated carbocycles. The number of rotatable bonds is 7. The Morgan fingerprint density at radius 1 is 1.16 bits per heavy atom. The van der Waals surface area contributed by atoms with Crippen molar-refractivity contribution in [2.45, 2.75) is 45.2 Å². The zero-order valence-electron chi connectivity index (χ0n) is 18.8. The van der Waals surface area contributed by atoms with E-state index in [9.17, 15) is 4.79 Å². The Labute approximate surface area is 186 Å². The van der Waals surface area contributed by atoms with E-state index in [2.05, 4.69) is 77.5 Å². The summed E-state index contributed by atoms with van der Waals surface area (Å²) in [5, 5.41) is 3.29. The van der Waals surface area contributed by atoms with E-state index in [1.54, 1.807) is 0 Å². The number of benzene rings is 2. The minimum Gasteiger partial charge on any atom is -0.379 e. The zero-order valence-corrected chi connectivity index (χ0v) is 18.8. The van der Waals surface area contributed by atoms with E-state index < -0.39 is 0 Å². The molecule has 5 heteroatoms. The van der Waals surface area contributed by atoms with Crippen LogP contribution in [-0.2, 0) is 11.2 Å². The van der Waals surface area contributed by atoms with Gasteiger partial charge in [-0.05, 0) is 42.9 Å². The lowest BCUT2D eigenvalue weighted by atomic mass is 10.0. The molecule has 0 bridgehead atoms. The molecule has 1 saturated heterocycles. The molecule has 2 aromatic carbocycles. The van der Waals surface area contributed by atoms with Gasteiger partial charge in [0.25, 0.3) is 0 Å². The largest absolute Gasteiger partial charge is 0.379 e.